The molecule has 0 radical (unpaired) electrons. The Morgan fingerprint density at radius 1 is 1.19 bits per heavy atom. The van der Waals surface area contributed by atoms with Crippen LogP contribution in [0.3, 0.4) is 0 Å². The fraction of sp³-hybridized carbons (Fsp3) is 0.417. The van der Waals surface area contributed by atoms with E-state index in [9.17, 15) is 21.6 Å². The third-order valence-electron chi connectivity index (χ3n) is 2.76. The molecule has 0 aliphatic rings. The molecular weight excluding hydrogens is 318 g/mol. The van der Waals surface area contributed by atoms with Crippen molar-refractivity contribution >= 4 is 25.8 Å². The molecule has 2 N–H and O–H groups in total. The van der Waals surface area contributed by atoms with Crippen LogP contribution in [0.4, 0.5) is 0 Å². The van der Waals surface area contributed by atoms with Gasteiger partial charge in [0.1, 0.15) is 0 Å². The summed E-state index contributed by atoms with van der Waals surface area (Å²) in [6.07, 6.45) is 1.09. The maximum atomic E-state index is 11.9. The Balaban J connectivity index is 3.43. The molecule has 0 aromatic heterocycles. The third kappa shape index (κ3) is 4.80. The predicted molar refractivity (Wildman–Crippen MR) is 76.1 cm³/mol. The average molecular weight is 335 g/mol. The number of benzene rings is 1. The molecule has 0 saturated heterocycles. The molecule has 0 saturated carbocycles. The summed E-state index contributed by atoms with van der Waals surface area (Å²) < 4.78 is 51.0. The van der Waals surface area contributed by atoms with Crippen molar-refractivity contribution in [3.05, 3.63) is 23.8 Å². The van der Waals surface area contributed by atoms with E-state index in [4.69, 9.17) is 9.88 Å². The third-order valence-corrected chi connectivity index (χ3v) is 4.74. The zero-order valence-electron chi connectivity index (χ0n) is 11.9. The normalized spacial score (nSPS) is 13.7. The van der Waals surface area contributed by atoms with E-state index in [1.165, 1.54) is 0 Å². The first-order valence-electron chi connectivity index (χ1n) is 6.04. The molecule has 0 aliphatic heterocycles. The van der Waals surface area contributed by atoms with Crippen LogP contribution in [-0.2, 0) is 24.6 Å². The lowest BCUT2D eigenvalue weighted by Gasteiger charge is -2.12. The van der Waals surface area contributed by atoms with Crippen molar-refractivity contribution in [3.8, 4) is 0 Å². The van der Waals surface area contributed by atoms with E-state index in [1.807, 2.05) is 0 Å². The van der Waals surface area contributed by atoms with Crippen LogP contribution in [0, 0.1) is 0 Å². The van der Waals surface area contributed by atoms with Crippen LogP contribution in [0.1, 0.15) is 30.6 Å². The van der Waals surface area contributed by atoms with E-state index >= 15 is 0 Å². The van der Waals surface area contributed by atoms with Gasteiger partial charge in [0.25, 0.3) is 0 Å². The maximum Gasteiger partial charge on any atom is 0.338 e. The molecule has 1 atom stereocenters. The van der Waals surface area contributed by atoms with Crippen molar-refractivity contribution in [2.75, 3.05) is 6.26 Å². The number of hydrogen-bond acceptors (Lipinski definition) is 6. The van der Waals surface area contributed by atoms with Gasteiger partial charge in [-0.1, -0.05) is 6.92 Å². The van der Waals surface area contributed by atoms with Crippen LogP contribution in [0.25, 0.3) is 0 Å². The molecule has 1 aromatic rings. The zero-order valence-corrected chi connectivity index (χ0v) is 13.5. The minimum absolute atomic E-state index is 0.178. The monoisotopic (exact) mass is 335 g/mol. The molecule has 0 aliphatic carbocycles. The van der Waals surface area contributed by atoms with Crippen molar-refractivity contribution < 1.29 is 26.4 Å². The van der Waals surface area contributed by atoms with Gasteiger partial charge in [0.05, 0.1) is 21.5 Å². The summed E-state index contributed by atoms with van der Waals surface area (Å²) in [6, 6.07) is 2.97. The number of hydrogen-bond donors (Lipinski definition) is 1. The molecule has 0 fully saturated rings. The molecule has 9 heteroatoms. The van der Waals surface area contributed by atoms with Crippen molar-refractivity contribution in [1.82, 2.24) is 0 Å². The van der Waals surface area contributed by atoms with Gasteiger partial charge in [-0.25, -0.2) is 26.8 Å². The maximum absolute atomic E-state index is 11.9. The lowest BCUT2D eigenvalue weighted by Crippen LogP contribution is -2.17. The van der Waals surface area contributed by atoms with E-state index in [2.05, 4.69) is 0 Å². The highest BCUT2D eigenvalue weighted by atomic mass is 32.2. The van der Waals surface area contributed by atoms with Crippen LogP contribution in [0.5, 0.6) is 0 Å². The van der Waals surface area contributed by atoms with Crippen molar-refractivity contribution in [2.45, 2.75) is 36.2 Å². The fourth-order valence-electron chi connectivity index (χ4n) is 1.40. The summed E-state index contributed by atoms with van der Waals surface area (Å²) in [6.45, 7) is 3.47. The molecule has 118 valence electrons. The first-order valence-corrected chi connectivity index (χ1v) is 9.48. The number of rotatable bonds is 5. The minimum Gasteiger partial charge on any atom is -0.459 e. The SMILES string of the molecule is CCC(C)OC(=O)c1cc(S(C)(=O)=O)cc(S(N)(=O)=O)c1. The molecule has 21 heavy (non-hydrogen) atoms. The highest BCUT2D eigenvalue weighted by Gasteiger charge is 2.20. The van der Waals surface area contributed by atoms with Crippen molar-refractivity contribution in [2.24, 2.45) is 5.14 Å². The van der Waals surface area contributed by atoms with Crippen LogP contribution in [-0.4, -0.2) is 35.2 Å². The number of sulfone groups is 1. The lowest BCUT2D eigenvalue weighted by molar-refractivity contribution is 0.0334. The summed E-state index contributed by atoms with van der Waals surface area (Å²) in [5.41, 5.74) is -0.178. The molecule has 1 unspecified atom stereocenters. The van der Waals surface area contributed by atoms with Crippen molar-refractivity contribution in [3.63, 3.8) is 0 Å². The fourth-order valence-corrected chi connectivity index (χ4v) is 2.74. The predicted octanol–water partition coefficient (Wildman–Crippen LogP) is 0.693. The summed E-state index contributed by atoms with van der Waals surface area (Å²) in [5, 5.41) is 4.99. The molecule has 0 heterocycles. The van der Waals surface area contributed by atoms with E-state index in [0.29, 0.717) is 6.42 Å². The second-order valence-corrected chi connectivity index (χ2v) is 8.21. The standard InChI is InChI=1S/C12H17NO6S2/c1-4-8(2)19-12(14)9-5-10(20(3,15)16)7-11(6-9)21(13,17)18/h5-8H,4H2,1-3H3,(H2,13,17,18). The first kappa shape index (κ1) is 17.6. The number of esters is 1. The highest BCUT2D eigenvalue weighted by molar-refractivity contribution is 7.91. The Morgan fingerprint density at radius 2 is 1.71 bits per heavy atom. The Morgan fingerprint density at radius 3 is 2.14 bits per heavy atom. The Hall–Kier alpha value is -1.45. The van der Waals surface area contributed by atoms with Gasteiger partial charge in [0, 0.05) is 6.26 Å². The molecule has 0 spiro atoms. The molecule has 1 rings (SSSR count). The molecule has 1 aromatic carbocycles. The van der Waals surface area contributed by atoms with E-state index in [1.54, 1.807) is 13.8 Å². The molecule has 0 amide bonds. The number of ether oxygens (including phenoxy) is 1. The summed E-state index contributed by atoms with van der Waals surface area (Å²) >= 11 is 0. The molecular formula is C12H17NO6S2. The molecule has 0 bridgehead atoms. The van der Waals surface area contributed by atoms with Gasteiger partial charge < -0.3 is 4.74 Å². The smallest absolute Gasteiger partial charge is 0.338 e. The highest BCUT2D eigenvalue weighted by Crippen LogP contribution is 2.19. The number of carbonyl (C=O) groups is 1. The quantitative estimate of drug-likeness (QED) is 0.790. The van der Waals surface area contributed by atoms with Gasteiger partial charge >= 0.3 is 5.97 Å². The van der Waals surface area contributed by atoms with Gasteiger partial charge in [0.15, 0.2) is 9.84 Å². The summed E-state index contributed by atoms with van der Waals surface area (Å²) in [4.78, 5) is 11.1. The van der Waals surface area contributed by atoms with E-state index < -0.39 is 30.7 Å². The Bertz CT molecular complexity index is 702. The van der Waals surface area contributed by atoms with Gasteiger partial charge in [-0.15, -0.1) is 0 Å². The minimum atomic E-state index is -4.15. The average Bonchev–Trinajstić information content (AvgIpc) is 2.35. The van der Waals surface area contributed by atoms with Crippen LogP contribution >= 0.6 is 0 Å². The number of sulfonamides is 1. The second-order valence-electron chi connectivity index (χ2n) is 4.63. The lowest BCUT2D eigenvalue weighted by atomic mass is 10.2. The van der Waals surface area contributed by atoms with Gasteiger partial charge in [-0.05, 0) is 31.5 Å². The van der Waals surface area contributed by atoms with E-state index in [0.717, 1.165) is 24.5 Å². The summed E-state index contributed by atoms with van der Waals surface area (Å²) in [7, 11) is -7.85. The van der Waals surface area contributed by atoms with Gasteiger partial charge in [-0.3, -0.25) is 0 Å². The van der Waals surface area contributed by atoms with Crippen LogP contribution < -0.4 is 5.14 Å². The topological polar surface area (TPSA) is 121 Å². The number of nitrogens with two attached hydrogens (primary N) is 1. The summed E-state index contributed by atoms with van der Waals surface area (Å²) in [5.74, 6) is -0.806. The van der Waals surface area contributed by atoms with E-state index in [-0.39, 0.29) is 16.6 Å². The Kier molecular flexibility index (Phi) is 5.13. The Labute approximate surface area is 124 Å². The van der Waals surface area contributed by atoms with Crippen molar-refractivity contribution in [1.29, 1.82) is 0 Å². The van der Waals surface area contributed by atoms with Crippen LogP contribution in [0.15, 0.2) is 28.0 Å². The van der Waals surface area contributed by atoms with Gasteiger partial charge in [0.2, 0.25) is 10.0 Å². The number of primary sulfonamides is 1. The first-order chi connectivity index (χ1) is 9.45. The van der Waals surface area contributed by atoms with Gasteiger partial charge in [-0.2, -0.15) is 0 Å². The molecule has 7 nitrogen and oxygen atoms in total. The largest absolute Gasteiger partial charge is 0.459 e. The number of carbonyl (C=O) groups excluding carboxylic acids is 1. The second kappa shape index (κ2) is 6.12. The van der Waals surface area contributed by atoms with Crippen LogP contribution in [0.2, 0.25) is 0 Å². The zero-order chi connectivity index (χ0) is 16.4.